The number of guanidine groups is 1. The quantitative estimate of drug-likeness (QED) is 0.264. The molecule has 22 heavy (non-hydrogen) atoms. The Morgan fingerprint density at radius 3 is 2.55 bits per heavy atom. The number of para-hydroxylation sites is 1. The second-order valence-electron chi connectivity index (χ2n) is 4.40. The van der Waals surface area contributed by atoms with Crippen molar-refractivity contribution < 1.29 is 9.47 Å². The number of halogens is 1. The third-order valence-corrected chi connectivity index (χ3v) is 2.67. The minimum atomic E-state index is 0. The third-order valence-electron chi connectivity index (χ3n) is 2.67. The normalized spacial score (nSPS) is 10.7. The number of rotatable bonds is 10. The van der Waals surface area contributed by atoms with Crippen LogP contribution in [0.2, 0.25) is 0 Å². The molecule has 0 atom stereocenters. The van der Waals surface area contributed by atoms with Gasteiger partial charge in [0.2, 0.25) is 0 Å². The van der Waals surface area contributed by atoms with Crippen molar-refractivity contribution in [3.8, 4) is 5.75 Å². The molecule has 0 saturated heterocycles. The maximum Gasteiger partial charge on any atom is 0.191 e. The fourth-order valence-electron chi connectivity index (χ4n) is 1.69. The standard InChI is InChI=1S/C16H27N3O2.HI/c1-3-17-16(19-12-14-20-4-2)18-11-8-13-21-15-9-6-5-7-10-15;/h5-7,9-10H,3-4,8,11-14H2,1-2H3,(H2,17,18,19);1H. The van der Waals surface area contributed by atoms with Crippen molar-refractivity contribution in [3.63, 3.8) is 0 Å². The van der Waals surface area contributed by atoms with Crippen LogP contribution in [0.15, 0.2) is 35.3 Å². The Labute approximate surface area is 150 Å². The van der Waals surface area contributed by atoms with E-state index >= 15 is 0 Å². The first kappa shape index (κ1) is 21.0. The molecular weight excluding hydrogens is 393 g/mol. The summed E-state index contributed by atoms with van der Waals surface area (Å²) in [7, 11) is 0. The molecule has 0 amide bonds. The lowest BCUT2D eigenvalue weighted by atomic mass is 10.3. The van der Waals surface area contributed by atoms with Crippen molar-refractivity contribution in [1.82, 2.24) is 10.6 Å². The van der Waals surface area contributed by atoms with Crippen LogP contribution in [0.4, 0.5) is 0 Å². The SMILES string of the molecule is CCNC(=NCCCOc1ccccc1)NCCOCC.I. The van der Waals surface area contributed by atoms with E-state index in [-0.39, 0.29) is 24.0 Å². The highest BCUT2D eigenvalue weighted by Gasteiger charge is 1.96. The maximum atomic E-state index is 5.63. The number of benzene rings is 1. The van der Waals surface area contributed by atoms with E-state index in [0.29, 0.717) is 13.2 Å². The minimum Gasteiger partial charge on any atom is -0.494 e. The average molecular weight is 421 g/mol. The fourth-order valence-corrected chi connectivity index (χ4v) is 1.69. The van der Waals surface area contributed by atoms with Crippen molar-refractivity contribution in [2.45, 2.75) is 20.3 Å². The molecule has 0 aromatic heterocycles. The van der Waals surface area contributed by atoms with Crippen LogP contribution in [0.5, 0.6) is 5.75 Å². The molecule has 0 aliphatic rings. The van der Waals surface area contributed by atoms with Crippen LogP contribution in [0.3, 0.4) is 0 Å². The molecular formula is C16H28IN3O2. The second kappa shape index (κ2) is 14.9. The zero-order valence-corrected chi connectivity index (χ0v) is 15.8. The number of nitrogens with one attached hydrogen (secondary N) is 2. The van der Waals surface area contributed by atoms with E-state index in [1.54, 1.807) is 0 Å². The van der Waals surface area contributed by atoms with Crippen LogP contribution in [0.25, 0.3) is 0 Å². The van der Waals surface area contributed by atoms with Crippen LogP contribution in [0, 0.1) is 0 Å². The van der Waals surface area contributed by atoms with Crippen molar-refractivity contribution in [3.05, 3.63) is 30.3 Å². The number of ether oxygens (including phenoxy) is 2. The molecule has 0 radical (unpaired) electrons. The van der Waals surface area contributed by atoms with Gasteiger partial charge in [-0.15, -0.1) is 24.0 Å². The maximum absolute atomic E-state index is 5.63. The summed E-state index contributed by atoms with van der Waals surface area (Å²) in [5, 5.41) is 6.45. The van der Waals surface area contributed by atoms with Gasteiger partial charge in [0, 0.05) is 32.7 Å². The van der Waals surface area contributed by atoms with Crippen LogP contribution < -0.4 is 15.4 Å². The summed E-state index contributed by atoms with van der Waals surface area (Å²) in [5.41, 5.74) is 0. The Morgan fingerprint density at radius 2 is 1.86 bits per heavy atom. The van der Waals surface area contributed by atoms with Gasteiger partial charge in [-0.3, -0.25) is 4.99 Å². The molecule has 1 aromatic carbocycles. The zero-order valence-electron chi connectivity index (χ0n) is 13.5. The molecule has 0 heterocycles. The minimum absolute atomic E-state index is 0. The molecule has 126 valence electrons. The summed E-state index contributed by atoms with van der Waals surface area (Å²) in [6, 6.07) is 9.84. The summed E-state index contributed by atoms with van der Waals surface area (Å²) < 4.78 is 10.9. The van der Waals surface area contributed by atoms with Crippen molar-refractivity contribution in [2.24, 2.45) is 4.99 Å². The van der Waals surface area contributed by atoms with Gasteiger partial charge in [-0.05, 0) is 26.0 Å². The van der Waals surface area contributed by atoms with Crippen molar-refractivity contribution in [1.29, 1.82) is 0 Å². The number of hydrogen-bond acceptors (Lipinski definition) is 3. The highest BCUT2D eigenvalue weighted by molar-refractivity contribution is 14.0. The lowest BCUT2D eigenvalue weighted by Crippen LogP contribution is -2.39. The van der Waals surface area contributed by atoms with E-state index in [1.807, 2.05) is 37.3 Å². The number of aliphatic imine (C=N–C) groups is 1. The Bertz CT molecular complexity index is 388. The van der Waals surface area contributed by atoms with E-state index in [0.717, 1.165) is 44.4 Å². The molecule has 0 unspecified atom stereocenters. The van der Waals surface area contributed by atoms with Crippen molar-refractivity contribution in [2.75, 3.05) is 39.5 Å². The summed E-state index contributed by atoms with van der Waals surface area (Å²) in [6.45, 7) is 8.50. The van der Waals surface area contributed by atoms with Gasteiger partial charge in [0.25, 0.3) is 0 Å². The first-order valence-corrected chi connectivity index (χ1v) is 7.64. The first-order valence-electron chi connectivity index (χ1n) is 7.64. The Morgan fingerprint density at radius 1 is 1.09 bits per heavy atom. The van der Waals surface area contributed by atoms with Gasteiger partial charge in [0.05, 0.1) is 13.2 Å². The largest absolute Gasteiger partial charge is 0.494 e. The molecule has 0 aliphatic heterocycles. The molecule has 0 fully saturated rings. The molecule has 1 aromatic rings. The molecule has 0 spiro atoms. The van der Waals surface area contributed by atoms with Crippen LogP contribution in [-0.4, -0.2) is 45.4 Å². The van der Waals surface area contributed by atoms with E-state index in [9.17, 15) is 0 Å². The molecule has 2 N–H and O–H groups in total. The molecule has 5 nitrogen and oxygen atoms in total. The lowest BCUT2D eigenvalue weighted by molar-refractivity contribution is 0.152. The summed E-state index contributed by atoms with van der Waals surface area (Å²) in [6.07, 6.45) is 0.886. The first-order chi connectivity index (χ1) is 10.4. The molecule has 6 heteroatoms. The summed E-state index contributed by atoms with van der Waals surface area (Å²) in [4.78, 5) is 4.50. The van der Waals surface area contributed by atoms with Crippen LogP contribution >= 0.6 is 24.0 Å². The van der Waals surface area contributed by atoms with Crippen LogP contribution in [-0.2, 0) is 4.74 Å². The predicted octanol–water partition coefficient (Wildman–Crippen LogP) is 2.67. The summed E-state index contributed by atoms with van der Waals surface area (Å²) in [5.74, 6) is 1.74. The lowest BCUT2D eigenvalue weighted by Gasteiger charge is -2.11. The highest BCUT2D eigenvalue weighted by atomic mass is 127. The number of nitrogens with zero attached hydrogens (tertiary/aromatic N) is 1. The highest BCUT2D eigenvalue weighted by Crippen LogP contribution is 2.08. The fraction of sp³-hybridized carbons (Fsp3) is 0.562. The van der Waals surface area contributed by atoms with Gasteiger partial charge in [-0.1, -0.05) is 18.2 Å². The van der Waals surface area contributed by atoms with Gasteiger partial charge in [0.15, 0.2) is 5.96 Å². The number of hydrogen-bond donors (Lipinski definition) is 2. The Kier molecular flexibility index (Phi) is 14.2. The van der Waals surface area contributed by atoms with Gasteiger partial charge in [0.1, 0.15) is 5.75 Å². The Balaban J connectivity index is 0.00000441. The van der Waals surface area contributed by atoms with Crippen LogP contribution in [0.1, 0.15) is 20.3 Å². The van der Waals surface area contributed by atoms with Gasteiger partial charge < -0.3 is 20.1 Å². The van der Waals surface area contributed by atoms with Gasteiger partial charge in [-0.2, -0.15) is 0 Å². The predicted molar refractivity (Wildman–Crippen MR) is 102 cm³/mol. The molecule has 0 aliphatic carbocycles. The molecule has 0 saturated carbocycles. The zero-order chi connectivity index (χ0) is 15.2. The monoisotopic (exact) mass is 421 g/mol. The average Bonchev–Trinajstić information content (AvgIpc) is 2.52. The third kappa shape index (κ3) is 10.7. The smallest absolute Gasteiger partial charge is 0.191 e. The van der Waals surface area contributed by atoms with E-state index in [4.69, 9.17) is 9.47 Å². The van der Waals surface area contributed by atoms with E-state index < -0.39 is 0 Å². The molecule has 0 bridgehead atoms. The Hall–Kier alpha value is -1.02. The molecule has 1 rings (SSSR count). The van der Waals surface area contributed by atoms with E-state index in [2.05, 4.69) is 22.5 Å². The topological polar surface area (TPSA) is 54.9 Å². The van der Waals surface area contributed by atoms with Gasteiger partial charge >= 0.3 is 0 Å². The second-order valence-corrected chi connectivity index (χ2v) is 4.40. The van der Waals surface area contributed by atoms with Crippen molar-refractivity contribution >= 4 is 29.9 Å². The van der Waals surface area contributed by atoms with E-state index in [1.165, 1.54) is 0 Å². The van der Waals surface area contributed by atoms with Gasteiger partial charge in [-0.25, -0.2) is 0 Å². The summed E-state index contributed by atoms with van der Waals surface area (Å²) >= 11 is 0.